The van der Waals surface area contributed by atoms with Gasteiger partial charge in [0.05, 0.1) is 6.20 Å². The van der Waals surface area contributed by atoms with Crippen LogP contribution in [0.15, 0.2) is 18.1 Å². The second kappa shape index (κ2) is 6.41. The van der Waals surface area contributed by atoms with Crippen LogP contribution in [0.2, 0.25) is 0 Å². The van der Waals surface area contributed by atoms with Gasteiger partial charge in [-0.05, 0) is 13.0 Å². The summed E-state index contributed by atoms with van der Waals surface area (Å²) in [6.07, 6.45) is 3.73. The summed E-state index contributed by atoms with van der Waals surface area (Å²) in [5.41, 5.74) is 0. The van der Waals surface area contributed by atoms with Crippen molar-refractivity contribution in [3.8, 4) is 0 Å². The van der Waals surface area contributed by atoms with Gasteiger partial charge in [0, 0.05) is 19.8 Å². The quantitative estimate of drug-likeness (QED) is 0.559. The molecule has 1 aromatic rings. The van der Waals surface area contributed by atoms with Gasteiger partial charge in [-0.15, -0.1) is 0 Å². The fourth-order valence-electron chi connectivity index (χ4n) is 1.14. The molecule has 0 amide bonds. The van der Waals surface area contributed by atoms with E-state index < -0.39 is 5.82 Å². The molecule has 0 aliphatic heterocycles. The fourth-order valence-corrected chi connectivity index (χ4v) is 1.14. The van der Waals surface area contributed by atoms with Crippen molar-refractivity contribution in [3.63, 3.8) is 0 Å². The van der Waals surface area contributed by atoms with Crippen LogP contribution >= 0.6 is 0 Å². The summed E-state index contributed by atoms with van der Waals surface area (Å²) in [4.78, 5) is 7.73. The van der Waals surface area contributed by atoms with E-state index in [1.807, 2.05) is 6.92 Å². The molecule has 0 fully saturated rings. The second-order valence-corrected chi connectivity index (χ2v) is 3.04. The van der Waals surface area contributed by atoms with E-state index in [1.54, 1.807) is 7.05 Å². The van der Waals surface area contributed by atoms with Crippen molar-refractivity contribution in [2.24, 2.45) is 0 Å². The predicted octanol–water partition coefficient (Wildman–Crippen LogP) is 1.17. The molecule has 1 aromatic heterocycles. The highest BCUT2D eigenvalue weighted by molar-refractivity contribution is 5.69. The van der Waals surface area contributed by atoms with E-state index in [1.165, 1.54) is 6.08 Å². The summed E-state index contributed by atoms with van der Waals surface area (Å²) >= 11 is 0. The average molecular weight is 238 g/mol. The Morgan fingerprint density at radius 1 is 1.59 bits per heavy atom. The molecule has 17 heavy (non-hydrogen) atoms. The molecule has 0 bridgehead atoms. The molecule has 0 atom stereocenters. The summed E-state index contributed by atoms with van der Waals surface area (Å²) < 4.78 is 13.1. The van der Waals surface area contributed by atoms with E-state index in [-0.39, 0.29) is 11.8 Å². The average Bonchev–Trinajstić information content (AvgIpc) is 2.32. The van der Waals surface area contributed by atoms with Crippen LogP contribution in [0.3, 0.4) is 0 Å². The fraction of sp³-hybridized carbons (Fsp3) is 0.300. The smallest absolute Gasteiger partial charge is 0.230 e. The van der Waals surface area contributed by atoms with Gasteiger partial charge in [0.2, 0.25) is 5.95 Å². The first-order valence-corrected chi connectivity index (χ1v) is 5.13. The molecule has 0 aliphatic carbocycles. The van der Waals surface area contributed by atoms with E-state index in [0.717, 1.165) is 12.4 Å². The second-order valence-electron chi connectivity index (χ2n) is 3.04. The van der Waals surface area contributed by atoms with Crippen LogP contribution in [0, 0.1) is 11.2 Å². The minimum absolute atomic E-state index is 0.119. The number of aromatic nitrogens is 2. The normalized spacial score (nSPS) is 10.9. The molecule has 0 saturated heterocycles. The Morgan fingerprint density at radius 2 is 2.35 bits per heavy atom. The Morgan fingerprint density at radius 3 is 2.94 bits per heavy atom. The van der Waals surface area contributed by atoms with Crippen LogP contribution in [0.4, 0.5) is 16.2 Å². The van der Waals surface area contributed by atoms with Crippen molar-refractivity contribution < 1.29 is 4.39 Å². The van der Waals surface area contributed by atoms with Crippen molar-refractivity contribution in [1.29, 1.82) is 5.41 Å². The molecule has 0 unspecified atom stereocenters. The van der Waals surface area contributed by atoms with E-state index in [9.17, 15) is 4.39 Å². The topological polar surface area (TPSA) is 85.7 Å². The first kappa shape index (κ1) is 12.9. The third-order valence-electron chi connectivity index (χ3n) is 1.84. The van der Waals surface area contributed by atoms with Gasteiger partial charge in [0.25, 0.3) is 0 Å². The van der Waals surface area contributed by atoms with Crippen LogP contribution in [0.1, 0.15) is 6.92 Å². The first-order chi connectivity index (χ1) is 8.21. The van der Waals surface area contributed by atoms with Gasteiger partial charge >= 0.3 is 0 Å². The van der Waals surface area contributed by atoms with E-state index in [2.05, 4.69) is 25.9 Å². The standard InChI is InChI=1S/C10H15FN6/c1-3-14-8(4-5-12)16-10-15-6-7(11)9(13-2)17-10/h4-6,12,14H,3H2,1-2H3,(H2,13,15,16,17)/b8-4+,12-5?. The lowest BCUT2D eigenvalue weighted by Gasteiger charge is -2.11. The van der Waals surface area contributed by atoms with Crippen molar-refractivity contribution >= 4 is 18.0 Å². The molecule has 1 rings (SSSR count). The highest BCUT2D eigenvalue weighted by Crippen LogP contribution is 2.11. The third kappa shape index (κ3) is 3.71. The van der Waals surface area contributed by atoms with Gasteiger partial charge in [-0.3, -0.25) is 0 Å². The van der Waals surface area contributed by atoms with Crippen LogP contribution < -0.4 is 16.0 Å². The zero-order valence-electron chi connectivity index (χ0n) is 9.71. The Bertz CT molecular complexity index is 417. The van der Waals surface area contributed by atoms with Gasteiger partial charge < -0.3 is 21.4 Å². The van der Waals surface area contributed by atoms with Crippen LogP contribution in [-0.4, -0.2) is 29.8 Å². The molecule has 92 valence electrons. The van der Waals surface area contributed by atoms with Gasteiger partial charge in [0.1, 0.15) is 5.82 Å². The number of rotatable bonds is 6. The number of allylic oxidation sites excluding steroid dienone is 1. The third-order valence-corrected chi connectivity index (χ3v) is 1.84. The predicted molar refractivity (Wildman–Crippen MR) is 65.7 cm³/mol. The zero-order chi connectivity index (χ0) is 12.7. The van der Waals surface area contributed by atoms with Crippen LogP contribution in [0.5, 0.6) is 0 Å². The Kier molecular flexibility index (Phi) is 4.86. The number of halogens is 1. The minimum Gasteiger partial charge on any atom is -0.372 e. The molecule has 0 aromatic carbocycles. The summed E-state index contributed by atoms with van der Waals surface area (Å²) in [7, 11) is 1.58. The van der Waals surface area contributed by atoms with E-state index in [0.29, 0.717) is 12.4 Å². The van der Waals surface area contributed by atoms with Crippen molar-refractivity contribution in [2.45, 2.75) is 6.92 Å². The lowest BCUT2D eigenvalue weighted by atomic mass is 10.5. The molecule has 0 spiro atoms. The monoisotopic (exact) mass is 238 g/mol. The minimum atomic E-state index is -0.515. The Hall–Kier alpha value is -2.18. The maximum absolute atomic E-state index is 13.1. The summed E-state index contributed by atoms with van der Waals surface area (Å²) in [6.45, 7) is 2.61. The molecule has 0 saturated carbocycles. The number of hydrogen-bond acceptors (Lipinski definition) is 6. The van der Waals surface area contributed by atoms with Crippen LogP contribution in [0.25, 0.3) is 0 Å². The lowest BCUT2D eigenvalue weighted by molar-refractivity contribution is 0.618. The summed E-state index contributed by atoms with van der Waals surface area (Å²) in [5.74, 6) is 0.438. The Labute approximate surface area is 98.9 Å². The van der Waals surface area contributed by atoms with Gasteiger partial charge in [-0.1, -0.05) is 0 Å². The molecule has 1 heterocycles. The molecule has 0 aliphatic rings. The number of nitrogens with zero attached hydrogens (tertiary/aromatic N) is 2. The van der Waals surface area contributed by atoms with Crippen molar-refractivity contribution in [1.82, 2.24) is 15.3 Å². The number of hydrogen-bond donors (Lipinski definition) is 4. The van der Waals surface area contributed by atoms with E-state index >= 15 is 0 Å². The molecule has 4 N–H and O–H groups in total. The van der Waals surface area contributed by atoms with Gasteiger partial charge in [-0.25, -0.2) is 9.37 Å². The van der Waals surface area contributed by atoms with Gasteiger partial charge in [0.15, 0.2) is 11.6 Å². The largest absolute Gasteiger partial charge is 0.372 e. The molecule has 6 nitrogen and oxygen atoms in total. The molecular weight excluding hydrogens is 223 g/mol. The molecular formula is C10H15FN6. The zero-order valence-corrected chi connectivity index (χ0v) is 9.71. The SMILES string of the molecule is CCN/C(=C\C=N)Nc1ncc(F)c(NC)n1. The van der Waals surface area contributed by atoms with Crippen LogP contribution in [-0.2, 0) is 0 Å². The highest BCUT2D eigenvalue weighted by atomic mass is 19.1. The van der Waals surface area contributed by atoms with Crippen molar-refractivity contribution in [3.05, 3.63) is 23.9 Å². The first-order valence-electron chi connectivity index (χ1n) is 5.13. The molecule has 0 radical (unpaired) electrons. The maximum Gasteiger partial charge on any atom is 0.230 e. The highest BCUT2D eigenvalue weighted by Gasteiger charge is 2.05. The summed E-state index contributed by atoms with van der Waals surface area (Å²) in [6, 6.07) is 0. The number of anilines is 2. The number of nitrogens with one attached hydrogen (secondary N) is 4. The summed E-state index contributed by atoms with van der Waals surface area (Å²) in [5, 5.41) is 15.5. The van der Waals surface area contributed by atoms with Crippen molar-refractivity contribution in [2.75, 3.05) is 24.2 Å². The van der Waals surface area contributed by atoms with Gasteiger partial charge in [-0.2, -0.15) is 4.98 Å². The molecule has 7 heteroatoms. The lowest BCUT2D eigenvalue weighted by Crippen LogP contribution is -2.20. The Balaban J connectivity index is 2.86. The van der Waals surface area contributed by atoms with E-state index in [4.69, 9.17) is 5.41 Å². The maximum atomic E-state index is 13.1.